The topological polar surface area (TPSA) is 32.7 Å². The average molecular weight is 287 g/mol. The molecule has 1 unspecified atom stereocenters. The Hall–Kier alpha value is -2.07. The number of ether oxygens (including phenoxy) is 1. The molecule has 0 amide bonds. The van der Waals surface area contributed by atoms with Crippen LogP contribution in [0.25, 0.3) is 0 Å². The number of aliphatic hydroxyl groups is 1. The molecule has 0 aliphatic carbocycles. The molecule has 2 aromatic carbocycles. The second-order valence-electron chi connectivity index (χ2n) is 5.31. The highest BCUT2D eigenvalue weighted by Crippen LogP contribution is 2.30. The third-order valence-corrected chi connectivity index (χ3v) is 3.82. The Morgan fingerprint density at radius 2 is 2.10 bits per heavy atom. The first kappa shape index (κ1) is 13.9. The molecule has 1 aliphatic heterocycles. The van der Waals surface area contributed by atoms with E-state index in [-0.39, 0.29) is 5.82 Å². The summed E-state index contributed by atoms with van der Waals surface area (Å²) >= 11 is 0. The highest BCUT2D eigenvalue weighted by atomic mass is 19.1. The maximum Gasteiger partial charge on any atom is 0.129 e. The molecular weight excluding hydrogens is 269 g/mol. The van der Waals surface area contributed by atoms with E-state index in [1.54, 1.807) is 18.2 Å². The number of fused-ring (bicyclic) bond motifs is 1. The van der Waals surface area contributed by atoms with Crippen LogP contribution in [0.2, 0.25) is 0 Å². The van der Waals surface area contributed by atoms with Crippen molar-refractivity contribution in [1.29, 1.82) is 0 Å². The standard InChI is InChI=1S/C17H18FNO2/c1-19(11-16(20)14-4-2-3-5-15(14)18)13-6-7-17-12(10-13)8-9-21-17/h2-7,10,16,20H,8-9,11H2,1H3. The van der Waals surface area contributed by atoms with E-state index < -0.39 is 6.10 Å². The molecule has 3 rings (SSSR count). The monoisotopic (exact) mass is 287 g/mol. The fraction of sp³-hybridized carbons (Fsp3) is 0.294. The van der Waals surface area contributed by atoms with Gasteiger partial charge in [0.25, 0.3) is 0 Å². The molecule has 0 spiro atoms. The van der Waals surface area contributed by atoms with Crippen molar-refractivity contribution in [2.24, 2.45) is 0 Å². The third-order valence-electron chi connectivity index (χ3n) is 3.82. The highest BCUT2D eigenvalue weighted by Gasteiger charge is 2.17. The largest absolute Gasteiger partial charge is 0.493 e. The summed E-state index contributed by atoms with van der Waals surface area (Å²) in [5.41, 5.74) is 2.50. The molecular formula is C17H18FNO2. The molecule has 0 aromatic heterocycles. The van der Waals surface area contributed by atoms with Gasteiger partial charge in [-0.1, -0.05) is 18.2 Å². The van der Waals surface area contributed by atoms with E-state index in [4.69, 9.17) is 4.74 Å². The number of rotatable bonds is 4. The first-order chi connectivity index (χ1) is 10.1. The fourth-order valence-electron chi connectivity index (χ4n) is 2.62. The SMILES string of the molecule is CN(CC(O)c1ccccc1F)c1ccc2c(c1)CCO2. The van der Waals surface area contributed by atoms with E-state index in [0.717, 1.165) is 24.5 Å². The molecule has 0 radical (unpaired) electrons. The molecule has 4 heteroatoms. The lowest BCUT2D eigenvalue weighted by atomic mass is 10.1. The van der Waals surface area contributed by atoms with Gasteiger partial charge < -0.3 is 14.7 Å². The van der Waals surface area contributed by atoms with Gasteiger partial charge in [0.2, 0.25) is 0 Å². The number of nitrogens with zero attached hydrogens (tertiary/aromatic N) is 1. The number of anilines is 1. The van der Waals surface area contributed by atoms with Crippen molar-refractivity contribution in [3.63, 3.8) is 0 Å². The molecule has 3 nitrogen and oxygen atoms in total. The van der Waals surface area contributed by atoms with E-state index in [0.29, 0.717) is 12.1 Å². The Kier molecular flexibility index (Phi) is 3.80. The average Bonchev–Trinajstić information content (AvgIpc) is 2.94. The summed E-state index contributed by atoms with van der Waals surface area (Å²) in [4.78, 5) is 1.93. The van der Waals surface area contributed by atoms with Crippen molar-refractivity contribution in [2.75, 3.05) is 25.1 Å². The van der Waals surface area contributed by atoms with Gasteiger partial charge in [-0.2, -0.15) is 0 Å². The Morgan fingerprint density at radius 1 is 1.29 bits per heavy atom. The fourth-order valence-corrected chi connectivity index (χ4v) is 2.62. The van der Waals surface area contributed by atoms with Crippen LogP contribution in [0.3, 0.4) is 0 Å². The lowest BCUT2D eigenvalue weighted by molar-refractivity contribution is 0.180. The van der Waals surface area contributed by atoms with Gasteiger partial charge in [0.15, 0.2) is 0 Å². The van der Waals surface area contributed by atoms with Gasteiger partial charge in [0.05, 0.1) is 12.7 Å². The molecule has 0 saturated carbocycles. The van der Waals surface area contributed by atoms with Gasteiger partial charge in [-0.15, -0.1) is 0 Å². The molecule has 0 fully saturated rings. The Morgan fingerprint density at radius 3 is 2.90 bits per heavy atom. The zero-order valence-electron chi connectivity index (χ0n) is 11.9. The Balaban J connectivity index is 1.74. The van der Waals surface area contributed by atoms with Crippen molar-refractivity contribution in [3.05, 3.63) is 59.4 Å². The van der Waals surface area contributed by atoms with Crippen LogP contribution in [0.5, 0.6) is 5.75 Å². The Labute approximate surface area is 123 Å². The van der Waals surface area contributed by atoms with Crippen molar-refractivity contribution in [1.82, 2.24) is 0 Å². The van der Waals surface area contributed by atoms with Gasteiger partial charge in [-0.3, -0.25) is 0 Å². The third kappa shape index (κ3) is 2.85. The molecule has 1 N–H and O–H groups in total. The molecule has 2 aromatic rings. The highest BCUT2D eigenvalue weighted by molar-refractivity contribution is 5.54. The molecule has 110 valence electrons. The summed E-state index contributed by atoms with van der Waals surface area (Å²) in [6.45, 7) is 1.06. The summed E-state index contributed by atoms with van der Waals surface area (Å²) in [6, 6.07) is 12.3. The minimum absolute atomic E-state index is 0.328. The zero-order valence-corrected chi connectivity index (χ0v) is 11.9. The molecule has 0 bridgehead atoms. The normalized spacial score (nSPS) is 14.4. The van der Waals surface area contributed by atoms with Gasteiger partial charge in [-0.05, 0) is 29.8 Å². The smallest absolute Gasteiger partial charge is 0.129 e. The van der Waals surface area contributed by atoms with Crippen LogP contribution in [0, 0.1) is 5.82 Å². The van der Waals surface area contributed by atoms with Crippen LogP contribution in [0.4, 0.5) is 10.1 Å². The maximum absolute atomic E-state index is 13.7. The van der Waals surface area contributed by atoms with Crippen LogP contribution >= 0.6 is 0 Å². The molecule has 1 aliphatic rings. The number of aliphatic hydroxyl groups excluding tert-OH is 1. The van der Waals surface area contributed by atoms with E-state index >= 15 is 0 Å². The van der Waals surface area contributed by atoms with Crippen molar-refractivity contribution in [3.8, 4) is 5.75 Å². The van der Waals surface area contributed by atoms with E-state index in [1.807, 2.05) is 24.1 Å². The number of benzene rings is 2. The van der Waals surface area contributed by atoms with Gasteiger partial charge in [0.1, 0.15) is 11.6 Å². The lowest BCUT2D eigenvalue weighted by Gasteiger charge is -2.23. The second kappa shape index (κ2) is 5.74. The van der Waals surface area contributed by atoms with Gasteiger partial charge in [-0.25, -0.2) is 4.39 Å². The van der Waals surface area contributed by atoms with Crippen LogP contribution in [0.1, 0.15) is 17.2 Å². The predicted octanol–water partition coefficient (Wildman–Crippen LogP) is 2.93. The van der Waals surface area contributed by atoms with Crippen molar-refractivity contribution >= 4 is 5.69 Å². The maximum atomic E-state index is 13.7. The molecule has 21 heavy (non-hydrogen) atoms. The molecule has 1 heterocycles. The number of likely N-dealkylation sites (N-methyl/N-ethyl adjacent to an activating group) is 1. The summed E-state index contributed by atoms with van der Waals surface area (Å²) in [5, 5.41) is 10.2. The van der Waals surface area contributed by atoms with Crippen molar-refractivity contribution < 1.29 is 14.2 Å². The molecule has 0 saturated heterocycles. The number of halogens is 1. The summed E-state index contributed by atoms with van der Waals surface area (Å²) < 4.78 is 19.2. The van der Waals surface area contributed by atoms with E-state index in [9.17, 15) is 9.50 Å². The minimum Gasteiger partial charge on any atom is -0.493 e. The minimum atomic E-state index is -0.860. The van der Waals surface area contributed by atoms with Crippen LogP contribution in [0.15, 0.2) is 42.5 Å². The van der Waals surface area contributed by atoms with Crippen LogP contribution < -0.4 is 9.64 Å². The first-order valence-corrected chi connectivity index (χ1v) is 7.04. The quantitative estimate of drug-likeness (QED) is 0.938. The van der Waals surface area contributed by atoms with Crippen molar-refractivity contribution in [2.45, 2.75) is 12.5 Å². The lowest BCUT2D eigenvalue weighted by Crippen LogP contribution is -2.24. The summed E-state index contributed by atoms with van der Waals surface area (Å²) in [7, 11) is 1.89. The van der Waals surface area contributed by atoms with E-state index in [2.05, 4.69) is 6.07 Å². The second-order valence-corrected chi connectivity index (χ2v) is 5.31. The first-order valence-electron chi connectivity index (χ1n) is 7.04. The van der Waals surface area contributed by atoms with Gasteiger partial charge in [0, 0.05) is 31.3 Å². The zero-order chi connectivity index (χ0) is 14.8. The number of hydrogen-bond donors (Lipinski definition) is 1. The Bertz CT molecular complexity index is 644. The van der Waals surface area contributed by atoms with Crippen LogP contribution in [-0.2, 0) is 6.42 Å². The summed E-state index contributed by atoms with van der Waals surface area (Å²) in [6.07, 6.45) is 0.0491. The van der Waals surface area contributed by atoms with E-state index in [1.165, 1.54) is 11.6 Å². The van der Waals surface area contributed by atoms with Gasteiger partial charge >= 0.3 is 0 Å². The summed E-state index contributed by atoms with van der Waals surface area (Å²) in [5.74, 6) is 0.558. The predicted molar refractivity (Wildman–Crippen MR) is 80.3 cm³/mol. The number of hydrogen-bond acceptors (Lipinski definition) is 3. The molecule has 1 atom stereocenters. The van der Waals surface area contributed by atoms with Crippen LogP contribution in [-0.4, -0.2) is 25.3 Å².